The summed E-state index contributed by atoms with van der Waals surface area (Å²) in [6.45, 7) is 4.73. The van der Waals surface area contributed by atoms with Crippen LogP contribution in [0, 0.1) is 0 Å². The average molecular weight is 160 g/mol. The van der Waals surface area contributed by atoms with E-state index in [0.717, 1.165) is 13.1 Å². The molecule has 4 heteroatoms. The fourth-order valence-electron chi connectivity index (χ4n) is 1.33. The summed E-state index contributed by atoms with van der Waals surface area (Å²) >= 11 is 0. The molecular formula is C7H16N2O2. The highest BCUT2D eigenvalue weighted by atomic mass is 16.3. The van der Waals surface area contributed by atoms with E-state index in [1.807, 2.05) is 4.90 Å². The summed E-state index contributed by atoms with van der Waals surface area (Å²) in [7, 11) is 0. The van der Waals surface area contributed by atoms with Crippen LogP contribution in [0.5, 0.6) is 0 Å². The Morgan fingerprint density at radius 3 is 3.00 bits per heavy atom. The van der Waals surface area contributed by atoms with Crippen molar-refractivity contribution in [1.29, 1.82) is 0 Å². The predicted octanol–water partition coefficient (Wildman–Crippen LogP) is -1.41. The van der Waals surface area contributed by atoms with Gasteiger partial charge in [0.1, 0.15) is 6.23 Å². The smallest absolute Gasteiger partial charge is 0.117 e. The first kappa shape index (κ1) is 8.93. The number of rotatable bonds is 2. The van der Waals surface area contributed by atoms with Crippen LogP contribution in [0.2, 0.25) is 0 Å². The number of aliphatic hydroxyl groups is 2. The Bertz CT molecular complexity index is 117. The molecule has 1 fully saturated rings. The van der Waals surface area contributed by atoms with Gasteiger partial charge in [-0.1, -0.05) is 0 Å². The van der Waals surface area contributed by atoms with E-state index in [4.69, 9.17) is 10.2 Å². The second-order valence-corrected chi connectivity index (χ2v) is 3.08. The van der Waals surface area contributed by atoms with Crippen LogP contribution in [-0.4, -0.2) is 53.6 Å². The van der Waals surface area contributed by atoms with E-state index < -0.39 is 6.23 Å². The van der Waals surface area contributed by atoms with E-state index in [9.17, 15) is 0 Å². The van der Waals surface area contributed by atoms with Gasteiger partial charge < -0.3 is 10.2 Å². The molecule has 1 aliphatic rings. The number of nitrogens with zero attached hydrogens (tertiary/aromatic N) is 1. The molecule has 2 unspecified atom stereocenters. The Kier molecular flexibility index (Phi) is 3.26. The zero-order valence-corrected chi connectivity index (χ0v) is 6.82. The Labute approximate surface area is 66.8 Å². The van der Waals surface area contributed by atoms with Crippen LogP contribution in [-0.2, 0) is 0 Å². The zero-order valence-electron chi connectivity index (χ0n) is 6.82. The number of aliphatic hydroxyl groups excluding tert-OH is 2. The van der Waals surface area contributed by atoms with Crippen molar-refractivity contribution in [1.82, 2.24) is 10.2 Å². The van der Waals surface area contributed by atoms with Crippen molar-refractivity contribution in [3.63, 3.8) is 0 Å². The molecule has 1 heterocycles. The number of β-amino-alcohol motifs (C(OH)–C–C–N with tert-alkyl or cyclic N) is 2. The molecule has 0 aliphatic carbocycles. The standard InChI is InChI=1S/C7H16N2O2/c1-6(10)4-9-3-2-8-7(11)5-9/h6-8,10-11H,2-5H2,1H3. The Hall–Kier alpha value is -0.160. The minimum atomic E-state index is -0.428. The fraction of sp³-hybridized carbons (Fsp3) is 1.00. The molecule has 0 aromatic carbocycles. The van der Waals surface area contributed by atoms with E-state index >= 15 is 0 Å². The molecule has 1 saturated heterocycles. The first-order valence-corrected chi connectivity index (χ1v) is 4.00. The fourth-order valence-corrected chi connectivity index (χ4v) is 1.33. The number of hydrogen-bond donors (Lipinski definition) is 3. The van der Waals surface area contributed by atoms with Gasteiger partial charge in [-0.15, -0.1) is 0 Å². The third kappa shape index (κ3) is 3.16. The van der Waals surface area contributed by atoms with Gasteiger partial charge in [-0.25, -0.2) is 0 Å². The number of nitrogens with one attached hydrogen (secondary N) is 1. The summed E-state index contributed by atoms with van der Waals surface area (Å²) in [5.74, 6) is 0. The van der Waals surface area contributed by atoms with Crippen LogP contribution in [0.15, 0.2) is 0 Å². The summed E-state index contributed by atoms with van der Waals surface area (Å²) < 4.78 is 0. The highest BCUT2D eigenvalue weighted by Gasteiger charge is 2.17. The molecule has 1 aliphatic heterocycles. The monoisotopic (exact) mass is 160 g/mol. The minimum absolute atomic E-state index is 0.305. The number of piperazine rings is 1. The van der Waals surface area contributed by atoms with Crippen molar-refractivity contribution < 1.29 is 10.2 Å². The summed E-state index contributed by atoms with van der Waals surface area (Å²) in [5, 5.41) is 21.1. The molecule has 0 amide bonds. The largest absolute Gasteiger partial charge is 0.392 e. The highest BCUT2D eigenvalue weighted by Crippen LogP contribution is 1.97. The lowest BCUT2D eigenvalue weighted by Gasteiger charge is -2.31. The van der Waals surface area contributed by atoms with Crippen LogP contribution < -0.4 is 5.32 Å². The second kappa shape index (κ2) is 4.01. The van der Waals surface area contributed by atoms with Gasteiger partial charge >= 0.3 is 0 Å². The predicted molar refractivity (Wildman–Crippen MR) is 42.1 cm³/mol. The van der Waals surface area contributed by atoms with Gasteiger partial charge in [-0.3, -0.25) is 10.2 Å². The van der Waals surface area contributed by atoms with Crippen molar-refractivity contribution in [2.24, 2.45) is 0 Å². The van der Waals surface area contributed by atoms with Crippen LogP contribution in [0.4, 0.5) is 0 Å². The van der Waals surface area contributed by atoms with Gasteiger partial charge in [-0.05, 0) is 6.92 Å². The highest BCUT2D eigenvalue weighted by molar-refractivity contribution is 4.72. The third-order valence-corrected chi connectivity index (χ3v) is 1.76. The molecule has 0 spiro atoms. The van der Waals surface area contributed by atoms with Gasteiger partial charge in [0.25, 0.3) is 0 Å². The Morgan fingerprint density at radius 1 is 1.73 bits per heavy atom. The van der Waals surface area contributed by atoms with Crippen molar-refractivity contribution in [3.05, 3.63) is 0 Å². The van der Waals surface area contributed by atoms with Gasteiger partial charge in [0, 0.05) is 26.2 Å². The molecule has 0 radical (unpaired) electrons. The van der Waals surface area contributed by atoms with Crippen molar-refractivity contribution >= 4 is 0 Å². The summed E-state index contributed by atoms with van der Waals surface area (Å²) in [4.78, 5) is 2.05. The summed E-state index contributed by atoms with van der Waals surface area (Å²) in [6, 6.07) is 0. The lowest BCUT2D eigenvalue weighted by Crippen LogP contribution is -2.51. The normalized spacial score (nSPS) is 30.3. The molecule has 1 rings (SSSR count). The molecule has 0 saturated carbocycles. The number of hydrogen-bond acceptors (Lipinski definition) is 4. The first-order chi connectivity index (χ1) is 5.18. The summed E-state index contributed by atoms with van der Waals surface area (Å²) in [5.41, 5.74) is 0. The van der Waals surface area contributed by atoms with Crippen molar-refractivity contribution in [2.75, 3.05) is 26.2 Å². The van der Waals surface area contributed by atoms with Crippen LogP contribution in [0.1, 0.15) is 6.92 Å². The van der Waals surface area contributed by atoms with Crippen LogP contribution in [0.25, 0.3) is 0 Å². The van der Waals surface area contributed by atoms with Crippen LogP contribution >= 0.6 is 0 Å². The van der Waals surface area contributed by atoms with Gasteiger partial charge in [0.05, 0.1) is 6.10 Å². The molecule has 4 nitrogen and oxygen atoms in total. The Morgan fingerprint density at radius 2 is 2.45 bits per heavy atom. The quantitative estimate of drug-likeness (QED) is 0.464. The molecule has 3 N–H and O–H groups in total. The Balaban J connectivity index is 2.23. The van der Waals surface area contributed by atoms with Crippen LogP contribution in [0.3, 0.4) is 0 Å². The maximum Gasteiger partial charge on any atom is 0.117 e. The van der Waals surface area contributed by atoms with E-state index in [0.29, 0.717) is 13.1 Å². The molecular weight excluding hydrogens is 144 g/mol. The molecule has 11 heavy (non-hydrogen) atoms. The van der Waals surface area contributed by atoms with E-state index in [-0.39, 0.29) is 6.10 Å². The first-order valence-electron chi connectivity index (χ1n) is 4.00. The average Bonchev–Trinajstić information content (AvgIpc) is 1.85. The SMILES string of the molecule is CC(O)CN1CCNC(O)C1. The zero-order chi connectivity index (χ0) is 8.27. The minimum Gasteiger partial charge on any atom is -0.392 e. The molecule has 66 valence electrons. The van der Waals surface area contributed by atoms with Gasteiger partial charge in [0.15, 0.2) is 0 Å². The second-order valence-electron chi connectivity index (χ2n) is 3.08. The summed E-state index contributed by atoms with van der Waals surface area (Å²) in [6.07, 6.45) is -0.734. The van der Waals surface area contributed by atoms with E-state index in [1.54, 1.807) is 6.92 Å². The molecule has 2 atom stereocenters. The molecule has 0 aromatic rings. The van der Waals surface area contributed by atoms with E-state index in [1.165, 1.54) is 0 Å². The van der Waals surface area contributed by atoms with Gasteiger partial charge in [-0.2, -0.15) is 0 Å². The third-order valence-electron chi connectivity index (χ3n) is 1.76. The lowest BCUT2D eigenvalue weighted by molar-refractivity contribution is 0.0328. The van der Waals surface area contributed by atoms with E-state index in [2.05, 4.69) is 5.32 Å². The maximum absolute atomic E-state index is 9.16. The maximum atomic E-state index is 9.16. The van der Waals surface area contributed by atoms with Gasteiger partial charge in [0.2, 0.25) is 0 Å². The molecule has 0 bridgehead atoms. The van der Waals surface area contributed by atoms with Crippen molar-refractivity contribution in [3.8, 4) is 0 Å². The molecule has 0 aromatic heterocycles. The van der Waals surface area contributed by atoms with Crippen molar-refractivity contribution in [2.45, 2.75) is 19.3 Å². The lowest BCUT2D eigenvalue weighted by atomic mass is 10.3. The topological polar surface area (TPSA) is 55.7 Å².